The standard InChI is InChI=1S/C33H42N2O6S.ClH/c36-21-8-22-42(39,40)35-33(38)30-19-18-28(23-32(30)41-29-12-5-2-6-13-29)26-16-14-25(15-17-26)9-7-20-34-24-31(37)27-10-3-1-4-11-27;/h1,3-4,10-11,14-19,23,29,31,34,36-37H,2,5-9,12-13,20-22,24H2,(H,35,38);1H/t31-;/m0./s1. The van der Waals surface area contributed by atoms with Crippen LogP contribution in [0.4, 0.5) is 0 Å². The van der Waals surface area contributed by atoms with Crippen molar-refractivity contribution in [3.8, 4) is 16.9 Å². The van der Waals surface area contributed by atoms with Crippen LogP contribution in [0.2, 0.25) is 0 Å². The van der Waals surface area contributed by atoms with Crippen LogP contribution in [0, 0.1) is 0 Å². The number of aryl methyl sites for hydroxylation is 1. The summed E-state index contributed by atoms with van der Waals surface area (Å²) >= 11 is 0. The number of hydrogen-bond donors (Lipinski definition) is 4. The van der Waals surface area contributed by atoms with Crippen molar-refractivity contribution in [1.82, 2.24) is 10.0 Å². The van der Waals surface area contributed by atoms with E-state index in [1.807, 2.05) is 48.5 Å². The summed E-state index contributed by atoms with van der Waals surface area (Å²) in [5, 5.41) is 22.6. The number of benzene rings is 3. The lowest BCUT2D eigenvalue weighted by molar-refractivity contribution is 0.0969. The summed E-state index contributed by atoms with van der Waals surface area (Å²) in [5.41, 5.74) is 4.14. The quantitative estimate of drug-likeness (QED) is 0.170. The smallest absolute Gasteiger partial charge is 0.268 e. The van der Waals surface area contributed by atoms with E-state index in [2.05, 4.69) is 22.2 Å². The Hall–Kier alpha value is -2.95. The summed E-state index contributed by atoms with van der Waals surface area (Å²) in [7, 11) is -3.87. The molecule has 4 N–H and O–H groups in total. The van der Waals surface area contributed by atoms with Gasteiger partial charge in [0.1, 0.15) is 5.75 Å². The number of aliphatic hydroxyl groups excluding tert-OH is 2. The number of carbonyl (C=O) groups is 1. The van der Waals surface area contributed by atoms with Crippen LogP contribution in [0.15, 0.2) is 72.8 Å². The molecule has 0 aliphatic heterocycles. The average molecular weight is 631 g/mol. The molecular formula is C33H43ClN2O6S. The molecule has 1 fully saturated rings. The minimum absolute atomic E-state index is 0. The van der Waals surface area contributed by atoms with Gasteiger partial charge in [0.2, 0.25) is 10.0 Å². The first-order valence-electron chi connectivity index (χ1n) is 14.8. The van der Waals surface area contributed by atoms with Gasteiger partial charge in [-0.3, -0.25) is 4.79 Å². The number of hydrogen-bond acceptors (Lipinski definition) is 7. The first kappa shape index (κ1) is 34.5. The van der Waals surface area contributed by atoms with Gasteiger partial charge in [0.15, 0.2) is 0 Å². The van der Waals surface area contributed by atoms with E-state index in [-0.39, 0.29) is 42.9 Å². The molecule has 4 rings (SSSR count). The van der Waals surface area contributed by atoms with Crippen LogP contribution in [0.1, 0.15) is 72.5 Å². The highest BCUT2D eigenvalue weighted by Gasteiger charge is 2.23. The predicted octanol–water partition coefficient (Wildman–Crippen LogP) is 5.18. The number of carbonyl (C=O) groups excluding carboxylic acids is 1. The van der Waals surface area contributed by atoms with Gasteiger partial charge in [0.25, 0.3) is 5.91 Å². The van der Waals surface area contributed by atoms with Gasteiger partial charge in [-0.1, -0.05) is 67.1 Å². The zero-order valence-electron chi connectivity index (χ0n) is 24.4. The maximum Gasteiger partial charge on any atom is 0.268 e. The minimum Gasteiger partial charge on any atom is -0.490 e. The third-order valence-corrected chi connectivity index (χ3v) is 8.84. The van der Waals surface area contributed by atoms with Crippen LogP contribution in [0.3, 0.4) is 0 Å². The Morgan fingerprint density at radius 3 is 2.33 bits per heavy atom. The zero-order chi connectivity index (χ0) is 29.8. The lowest BCUT2D eigenvalue weighted by Gasteiger charge is -2.24. The molecule has 1 aliphatic carbocycles. The lowest BCUT2D eigenvalue weighted by Crippen LogP contribution is -2.33. The minimum atomic E-state index is -3.87. The molecule has 0 saturated heterocycles. The molecule has 0 bridgehead atoms. The third kappa shape index (κ3) is 10.9. The molecule has 10 heteroatoms. The van der Waals surface area contributed by atoms with Crippen LogP contribution in [-0.2, 0) is 16.4 Å². The van der Waals surface area contributed by atoms with Gasteiger partial charge >= 0.3 is 0 Å². The molecule has 43 heavy (non-hydrogen) atoms. The lowest BCUT2D eigenvalue weighted by atomic mass is 9.97. The van der Waals surface area contributed by atoms with Crippen LogP contribution < -0.4 is 14.8 Å². The summed E-state index contributed by atoms with van der Waals surface area (Å²) < 4.78 is 33.0. The van der Waals surface area contributed by atoms with Crippen molar-refractivity contribution in [1.29, 1.82) is 0 Å². The molecule has 0 radical (unpaired) electrons. The summed E-state index contributed by atoms with van der Waals surface area (Å²) in [5.74, 6) is -0.683. The van der Waals surface area contributed by atoms with Crippen molar-refractivity contribution in [3.05, 3.63) is 89.5 Å². The Balaban J connectivity index is 0.00000506. The fourth-order valence-electron chi connectivity index (χ4n) is 5.16. The van der Waals surface area contributed by atoms with Crippen LogP contribution in [-0.4, -0.2) is 56.1 Å². The summed E-state index contributed by atoms with van der Waals surface area (Å²) in [6, 6.07) is 23.1. The van der Waals surface area contributed by atoms with E-state index in [9.17, 15) is 18.3 Å². The highest BCUT2D eigenvalue weighted by atomic mass is 35.5. The fourth-order valence-corrected chi connectivity index (χ4v) is 6.17. The Morgan fingerprint density at radius 1 is 0.930 bits per heavy atom. The largest absolute Gasteiger partial charge is 0.490 e. The van der Waals surface area contributed by atoms with Crippen molar-refractivity contribution in [2.75, 3.05) is 25.4 Å². The molecule has 0 heterocycles. The number of amides is 1. The van der Waals surface area contributed by atoms with Gasteiger partial charge in [-0.05, 0) is 85.9 Å². The molecule has 1 atom stereocenters. The van der Waals surface area contributed by atoms with Crippen molar-refractivity contribution >= 4 is 28.3 Å². The molecule has 234 valence electrons. The van der Waals surface area contributed by atoms with Crippen LogP contribution >= 0.6 is 12.4 Å². The van der Waals surface area contributed by atoms with E-state index in [0.717, 1.165) is 68.2 Å². The monoisotopic (exact) mass is 630 g/mol. The van der Waals surface area contributed by atoms with Crippen LogP contribution in [0.25, 0.3) is 11.1 Å². The molecule has 1 saturated carbocycles. The van der Waals surface area contributed by atoms with Gasteiger partial charge in [-0.25, -0.2) is 13.1 Å². The first-order valence-corrected chi connectivity index (χ1v) is 16.5. The molecule has 0 unspecified atom stereocenters. The molecule has 0 spiro atoms. The SMILES string of the molecule is Cl.O=C(NS(=O)(=O)CCCO)c1ccc(-c2ccc(CCCNC[C@H](O)c3ccccc3)cc2)cc1OC1CCCCC1. The molecule has 1 aliphatic rings. The summed E-state index contributed by atoms with van der Waals surface area (Å²) in [4.78, 5) is 13.0. The van der Waals surface area contributed by atoms with Crippen LogP contribution in [0.5, 0.6) is 5.75 Å². The number of ether oxygens (including phenoxy) is 1. The second kappa shape index (κ2) is 17.4. The summed E-state index contributed by atoms with van der Waals surface area (Å²) in [6.45, 7) is 1.04. The van der Waals surface area contributed by atoms with Gasteiger partial charge in [-0.15, -0.1) is 12.4 Å². The maximum absolute atomic E-state index is 13.0. The van der Waals surface area contributed by atoms with Crippen molar-refractivity contribution in [2.45, 2.75) is 63.6 Å². The molecule has 1 amide bonds. The summed E-state index contributed by atoms with van der Waals surface area (Å²) in [6.07, 6.45) is 6.43. The van der Waals surface area contributed by atoms with Gasteiger partial charge < -0.3 is 20.3 Å². The second-order valence-corrected chi connectivity index (χ2v) is 12.7. The maximum atomic E-state index is 13.0. The van der Waals surface area contributed by atoms with Crippen molar-refractivity contribution in [3.63, 3.8) is 0 Å². The topological polar surface area (TPSA) is 125 Å². The number of rotatable bonds is 15. The van der Waals surface area contributed by atoms with E-state index < -0.39 is 22.0 Å². The van der Waals surface area contributed by atoms with Gasteiger partial charge in [0, 0.05) is 13.2 Å². The zero-order valence-corrected chi connectivity index (χ0v) is 26.0. The van der Waals surface area contributed by atoms with Crippen molar-refractivity contribution < 1.29 is 28.2 Å². The van der Waals surface area contributed by atoms with E-state index in [1.54, 1.807) is 12.1 Å². The van der Waals surface area contributed by atoms with E-state index in [4.69, 9.17) is 9.84 Å². The Morgan fingerprint density at radius 2 is 1.63 bits per heavy atom. The predicted molar refractivity (Wildman–Crippen MR) is 172 cm³/mol. The number of nitrogens with one attached hydrogen (secondary N) is 2. The third-order valence-electron chi connectivity index (χ3n) is 7.52. The average Bonchev–Trinajstić information content (AvgIpc) is 3.01. The molecule has 3 aromatic rings. The van der Waals surface area contributed by atoms with E-state index in [1.165, 1.54) is 5.56 Å². The Kier molecular flexibility index (Phi) is 14.0. The highest BCUT2D eigenvalue weighted by molar-refractivity contribution is 7.90. The highest BCUT2D eigenvalue weighted by Crippen LogP contribution is 2.31. The Bertz CT molecular complexity index is 1380. The van der Waals surface area contributed by atoms with Crippen molar-refractivity contribution in [2.24, 2.45) is 0 Å². The van der Waals surface area contributed by atoms with E-state index >= 15 is 0 Å². The van der Waals surface area contributed by atoms with E-state index in [0.29, 0.717) is 12.3 Å². The molecule has 0 aromatic heterocycles. The molecular weight excluding hydrogens is 588 g/mol. The van der Waals surface area contributed by atoms with Gasteiger partial charge in [-0.2, -0.15) is 0 Å². The molecule has 8 nitrogen and oxygen atoms in total. The van der Waals surface area contributed by atoms with Gasteiger partial charge in [0.05, 0.1) is 23.5 Å². The number of sulfonamides is 1. The normalized spacial score (nSPS) is 14.5. The fraction of sp³-hybridized carbons (Fsp3) is 0.424. The number of halogens is 1. The molecule has 3 aromatic carbocycles. The number of aliphatic hydroxyl groups is 2. The second-order valence-electron chi connectivity index (χ2n) is 10.8. The first-order chi connectivity index (χ1) is 20.3. The Labute approximate surface area is 261 Å².